The van der Waals surface area contributed by atoms with E-state index in [4.69, 9.17) is 11.6 Å². The monoisotopic (exact) mass is 298 g/mol. The van der Waals surface area contributed by atoms with E-state index in [1.54, 1.807) is 23.3 Å². The lowest BCUT2D eigenvalue weighted by Crippen LogP contribution is -2.39. The van der Waals surface area contributed by atoms with Crippen molar-refractivity contribution in [3.05, 3.63) is 24.0 Å². The first-order valence-corrected chi connectivity index (χ1v) is 7.59. The van der Waals surface area contributed by atoms with Crippen LogP contribution in [-0.2, 0) is 10.8 Å². The van der Waals surface area contributed by atoms with Crippen molar-refractivity contribution >= 4 is 28.3 Å². The van der Waals surface area contributed by atoms with E-state index >= 15 is 0 Å². The average Bonchev–Trinajstić information content (AvgIpc) is 2.93. The summed E-state index contributed by atoms with van der Waals surface area (Å²) >= 11 is 5.93. The normalized spacial score (nSPS) is 16.8. The number of rotatable bonds is 2. The van der Waals surface area contributed by atoms with Crippen molar-refractivity contribution in [1.29, 1.82) is 0 Å². The van der Waals surface area contributed by atoms with Gasteiger partial charge in [-0.25, -0.2) is 4.98 Å². The van der Waals surface area contributed by atoms with Crippen LogP contribution in [0.4, 0.5) is 5.95 Å². The standard InChI is InChI=1S/C10H11ClN6OS/c11-8-13-9(16-3-5-19(18)6-4-16)15-10(14-8)17-2-1-12-7-17/h1-2,7H,3-6H2. The Bertz CT molecular complexity index is 594. The number of imidazole rings is 1. The summed E-state index contributed by atoms with van der Waals surface area (Å²) < 4.78 is 13.0. The Morgan fingerprint density at radius 1 is 1.16 bits per heavy atom. The minimum Gasteiger partial charge on any atom is -0.339 e. The Balaban J connectivity index is 1.92. The van der Waals surface area contributed by atoms with Gasteiger partial charge in [-0.3, -0.25) is 8.78 Å². The summed E-state index contributed by atoms with van der Waals surface area (Å²) in [5.41, 5.74) is 0. The molecule has 0 saturated carbocycles. The Labute approximate surface area is 117 Å². The molecule has 100 valence electrons. The number of hydrogen-bond donors (Lipinski definition) is 0. The highest BCUT2D eigenvalue weighted by Crippen LogP contribution is 2.15. The Hall–Kier alpha value is -1.54. The summed E-state index contributed by atoms with van der Waals surface area (Å²) in [6, 6.07) is 0. The van der Waals surface area contributed by atoms with Gasteiger partial charge in [-0.1, -0.05) is 0 Å². The van der Waals surface area contributed by atoms with E-state index in [1.165, 1.54) is 0 Å². The molecule has 0 unspecified atom stereocenters. The van der Waals surface area contributed by atoms with Gasteiger partial charge in [0.2, 0.25) is 17.2 Å². The highest BCUT2D eigenvalue weighted by Gasteiger charge is 2.19. The summed E-state index contributed by atoms with van der Waals surface area (Å²) in [5, 5.41) is 0.139. The van der Waals surface area contributed by atoms with E-state index in [1.807, 2.05) is 4.90 Å². The molecular formula is C10H11ClN6OS. The lowest BCUT2D eigenvalue weighted by molar-refractivity contribution is 0.670. The molecule has 0 amide bonds. The first kappa shape index (κ1) is 12.5. The smallest absolute Gasteiger partial charge is 0.241 e. The molecule has 3 rings (SSSR count). The van der Waals surface area contributed by atoms with Gasteiger partial charge in [0.05, 0.1) is 0 Å². The van der Waals surface area contributed by atoms with Gasteiger partial charge in [0, 0.05) is 47.8 Å². The van der Waals surface area contributed by atoms with Crippen molar-refractivity contribution < 1.29 is 4.21 Å². The Morgan fingerprint density at radius 2 is 1.89 bits per heavy atom. The number of nitrogens with zero attached hydrogens (tertiary/aromatic N) is 6. The fraction of sp³-hybridized carbons (Fsp3) is 0.400. The highest BCUT2D eigenvalue weighted by atomic mass is 35.5. The second-order valence-electron chi connectivity index (χ2n) is 4.01. The molecule has 0 aromatic carbocycles. The fourth-order valence-corrected chi connectivity index (χ4v) is 3.01. The molecule has 2 aromatic rings. The fourth-order valence-electron chi connectivity index (χ4n) is 1.80. The van der Waals surface area contributed by atoms with Crippen LogP contribution in [0.1, 0.15) is 0 Å². The Kier molecular flexibility index (Phi) is 3.43. The van der Waals surface area contributed by atoms with E-state index in [-0.39, 0.29) is 5.28 Å². The third-order valence-electron chi connectivity index (χ3n) is 2.78. The average molecular weight is 299 g/mol. The number of hydrogen-bond acceptors (Lipinski definition) is 6. The van der Waals surface area contributed by atoms with Crippen molar-refractivity contribution in [1.82, 2.24) is 24.5 Å². The van der Waals surface area contributed by atoms with Crippen molar-refractivity contribution in [2.45, 2.75) is 0 Å². The largest absolute Gasteiger partial charge is 0.339 e. The molecule has 0 N–H and O–H groups in total. The SMILES string of the molecule is O=S1CCN(c2nc(Cl)nc(-n3ccnc3)n2)CC1. The van der Waals surface area contributed by atoms with Gasteiger partial charge in [0.15, 0.2) is 0 Å². The Morgan fingerprint density at radius 3 is 2.58 bits per heavy atom. The van der Waals surface area contributed by atoms with Gasteiger partial charge in [-0.05, 0) is 11.6 Å². The second-order valence-corrected chi connectivity index (χ2v) is 6.04. The van der Waals surface area contributed by atoms with Gasteiger partial charge in [-0.15, -0.1) is 0 Å². The molecule has 0 radical (unpaired) electrons. The predicted octanol–water partition coefficient (Wildman–Crippen LogP) is 0.279. The zero-order chi connectivity index (χ0) is 13.2. The zero-order valence-corrected chi connectivity index (χ0v) is 11.5. The molecule has 0 aliphatic carbocycles. The second kappa shape index (κ2) is 5.22. The molecule has 19 heavy (non-hydrogen) atoms. The van der Waals surface area contributed by atoms with Crippen LogP contribution >= 0.6 is 11.6 Å². The molecule has 1 aliphatic rings. The maximum absolute atomic E-state index is 11.4. The molecular weight excluding hydrogens is 288 g/mol. The van der Waals surface area contributed by atoms with Crippen LogP contribution in [0.5, 0.6) is 0 Å². The molecule has 1 aliphatic heterocycles. The minimum absolute atomic E-state index is 0.139. The predicted molar refractivity (Wildman–Crippen MR) is 72.0 cm³/mol. The van der Waals surface area contributed by atoms with Gasteiger partial charge in [0.25, 0.3) is 0 Å². The van der Waals surface area contributed by atoms with E-state index < -0.39 is 10.8 Å². The molecule has 1 fully saturated rings. The molecule has 0 spiro atoms. The maximum Gasteiger partial charge on any atom is 0.241 e. The van der Waals surface area contributed by atoms with Gasteiger partial charge in [0.1, 0.15) is 6.33 Å². The first-order chi connectivity index (χ1) is 9.22. The van der Waals surface area contributed by atoms with Crippen molar-refractivity contribution in [3.63, 3.8) is 0 Å². The van der Waals surface area contributed by atoms with Crippen LogP contribution in [0.25, 0.3) is 5.95 Å². The lowest BCUT2D eigenvalue weighted by atomic mass is 10.5. The summed E-state index contributed by atoms with van der Waals surface area (Å²) in [7, 11) is -0.736. The van der Waals surface area contributed by atoms with Gasteiger partial charge in [-0.2, -0.15) is 15.0 Å². The highest BCUT2D eigenvalue weighted by molar-refractivity contribution is 7.85. The van der Waals surface area contributed by atoms with Crippen LogP contribution in [0.2, 0.25) is 5.28 Å². The number of halogens is 1. The molecule has 1 saturated heterocycles. The van der Waals surface area contributed by atoms with E-state index in [9.17, 15) is 4.21 Å². The molecule has 0 atom stereocenters. The van der Waals surface area contributed by atoms with Crippen LogP contribution in [0.15, 0.2) is 18.7 Å². The van der Waals surface area contributed by atoms with Crippen LogP contribution < -0.4 is 4.90 Å². The van der Waals surface area contributed by atoms with Crippen LogP contribution in [-0.4, -0.2) is 53.3 Å². The lowest BCUT2D eigenvalue weighted by Gasteiger charge is -2.26. The van der Waals surface area contributed by atoms with E-state index in [0.29, 0.717) is 36.5 Å². The zero-order valence-electron chi connectivity index (χ0n) is 9.94. The first-order valence-electron chi connectivity index (χ1n) is 5.72. The molecule has 0 bridgehead atoms. The minimum atomic E-state index is -0.736. The molecule has 9 heteroatoms. The van der Waals surface area contributed by atoms with Crippen molar-refractivity contribution in [2.75, 3.05) is 29.5 Å². The number of aromatic nitrogens is 5. The summed E-state index contributed by atoms with van der Waals surface area (Å²) in [6.07, 6.45) is 4.98. The molecule has 2 aromatic heterocycles. The molecule has 3 heterocycles. The summed E-state index contributed by atoms with van der Waals surface area (Å²) in [4.78, 5) is 18.5. The maximum atomic E-state index is 11.4. The quantitative estimate of drug-likeness (QED) is 0.792. The van der Waals surface area contributed by atoms with E-state index in [2.05, 4.69) is 19.9 Å². The number of anilines is 1. The van der Waals surface area contributed by atoms with Crippen molar-refractivity contribution in [3.8, 4) is 5.95 Å². The topological polar surface area (TPSA) is 76.8 Å². The van der Waals surface area contributed by atoms with Crippen LogP contribution in [0, 0.1) is 0 Å². The third kappa shape index (κ3) is 2.74. The third-order valence-corrected chi connectivity index (χ3v) is 4.23. The summed E-state index contributed by atoms with van der Waals surface area (Å²) in [5.74, 6) is 2.20. The van der Waals surface area contributed by atoms with Gasteiger partial charge < -0.3 is 4.90 Å². The summed E-state index contributed by atoms with van der Waals surface area (Å²) in [6.45, 7) is 1.33. The van der Waals surface area contributed by atoms with Gasteiger partial charge >= 0.3 is 0 Å². The molecule has 7 nitrogen and oxygen atoms in total. The van der Waals surface area contributed by atoms with E-state index in [0.717, 1.165) is 0 Å². The van der Waals surface area contributed by atoms with Crippen LogP contribution in [0.3, 0.4) is 0 Å². The van der Waals surface area contributed by atoms with Crippen molar-refractivity contribution in [2.24, 2.45) is 0 Å².